The van der Waals surface area contributed by atoms with Crippen molar-refractivity contribution >= 4 is 53.0 Å². The Morgan fingerprint density at radius 2 is 1.91 bits per heavy atom. The highest BCUT2D eigenvalue weighted by Gasteiger charge is 2.51. The van der Waals surface area contributed by atoms with Crippen LogP contribution in [0.25, 0.3) is 0 Å². The number of anilines is 2. The summed E-state index contributed by atoms with van der Waals surface area (Å²) in [5.74, 6) is -0.195. The van der Waals surface area contributed by atoms with Crippen molar-refractivity contribution in [2.45, 2.75) is 58.2 Å². The summed E-state index contributed by atoms with van der Waals surface area (Å²) < 4.78 is 46.9. The molecule has 2 fully saturated rings. The number of piperidine rings is 1. The van der Waals surface area contributed by atoms with Gasteiger partial charge in [-0.2, -0.15) is 18.4 Å². The van der Waals surface area contributed by atoms with Gasteiger partial charge in [-0.3, -0.25) is 19.4 Å². The minimum absolute atomic E-state index is 0. The van der Waals surface area contributed by atoms with Crippen molar-refractivity contribution in [3.8, 4) is 11.8 Å². The minimum atomic E-state index is -4.84. The number of amides is 1. The largest absolute Gasteiger partial charge is 0.493 e. The van der Waals surface area contributed by atoms with Gasteiger partial charge in [-0.15, -0.1) is 12.4 Å². The molecule has 4 rings (SSSR count). The molecular weight excluding hydrogens is 607 g/mol. The van der Waals surface area contributed by atoms with Crippen molar-refractivity contribution in [1.82, 2.24) is 9.88 Å². The number of carbonyl (C=O) groups excluding carboxylic acids is 1. The fraction of sp³-hybridized carbons (Fsp3) is 0.483. The summed E-state index contributed by atoms with van der Waals surface area (Å²) in [6.45, 7) is 7.32. The van der Waals surface area contributed by atoms with E-state index in [2.05, 4.69) is 4.98 Å². The number of ether oxygens (including phenoxy) is 1. The molecule has 9 nitrogen and oxygen atoms in total. The highest BCUT2D eigenvalue weighted by atomic mass is 35.5. The number of nitriles is 1. The summed E-state index contributed by atoms with van der Waals surface area (Å²) >= 11 is 5.63. The van der Waals surface area contributed by atoms with E-state index in [4.69, 9.17) is 27.3 Å². The van der Waals surface area contributed by atoms with E-state index >= 15 is 0 Å². The number of aromatic nitrogens is 1. The number of hydrogen-bond donors (Lipinski definition) is 1. The summed E-state index contributed by atoms with van der Waals surface area (Å²) in [5.41, 5.74) is -1.94. The number of hydrogen-bond acceptors (Lipinski definition) is 7. The van der Waals surface area contributed by atoms with Gasteiger partial charge in [0.2, 0.25) is 0 Å². The number of carbonyl (C=O) groups is 2. The van der Waals surface area contributed by atoms with Crippen molar-refractivity contribution < 1.29 is 32.6 Å². The van der Waals surface area contributed by atoms with Crippen LogP contribution in [-0.4, -0.2) is 63.8 Å². The van der Waals surface area contributed by atoms with E-state index in [0.29, 0.717) is 30.4 Å². The van der Waals surface area contributed by atoms with Crippen LogP contribution in [0.1, 0.15) is 56.9 Å². The maximum atomic E-state index is 13.6. The lowest BCUT2D eigenvalue weighted by molar-refractivity contribution is -0.139. The molecule has 2 aliphatic heterocycles. The number of nitrogens with zero attached hydrogens (tertiary/aromatic N) is 5. The molecule has 43 heavy (non-hydrogen) atoms. The average Bonchev–Trinajstić information content (AvgIpc) is 3.11. The molecule has 0 saturated carbocycles. The summed E-state index contributed by atoms with van der Waals surface area (Å²) in [7, 11) is 0. The van der Waals surface area contributed by atoms with Crippen LogP contribution in [0.2, 0.25) is 0 Å². The molecule has 14 heteroatoms. The number of benzene rings is 1. The molecule has 1 aromatic carbocycles. The fourth-order valence-electron chi connectivity index (χ4n) is 5.42. The van der Waals surface area contributed by atoms with Gasteiger partial charge in [-0.05, 0) is 101 Å². The zero-order valence-electron chi connectivity index (χ0n) is 24.0. The van der Waals surface area contributed by atoms with Gasteiger partial charge in [0.25, 0.3) is 5.91 Å². The first-order chi connectivity index (χ1) is 19.8. The Hall–Kier alpha value is -3.47. The van der Waals surface area contributed by atoms with Crippen LogP contribution in [0.4, 0.5) is 24.5 Å². The standard InChI is InChI=1S/C29H32F3N5O4S.ClH/c1-4-19-13-20(5-6-24(19)41-12-9-18-7-10-35(11-8-18)17-25(38)39)37-27(42)36(26(40)28(37,2)3)21-14-22(29(30,31)32)23(15-33)34-16-21;/h5-6,13-14,16,18H,4,7-12,17H2,1-3H3,(H,38,39);1H. The van der Waals surface area contributed by atoms with Crippen LogP contribution >= 0.6 is 24.6 Å². The molecule has 0 spiro atoms. The average molecular weight is 640 g/mol. The summed E-state index contributed by atoms with van der Waals surface area (Å²) in [6.07, 6.45) is -0.483. The van der Waals surface area contributed by atoms with Crippen LogP contribution < -0.4 is 14.5 Å². The smallest absolute Gasteiger partial charge is 0.419 e. The van der Waals surface area contributed by atoms with Crippen molar-refractivity contribution in [2.75, 3.05) is 36.0 Å². The lowest BCUT2D eigenvalue weighted by Gasteiger charge is -2.31. The SMILES string of the molecule is CCc1cc(N2C(=S)N(c3cnc(C#N)c(C(F)(F)F)c3)C(=O)C2(C)C)ccc1OCCC1CCN(CC(=O)O)CC1.Cl. The number of carboxylic acids is 1. The van der Waals surface area contributed by atoms with Crippen molar-refractivity contribution in [1.29, 1.82) is 5.26 Å². The number of alkyl halides is 3. The molecule has 0 radical (unpaired) electrons. The van der Waals surface area contributed by atoms with Crippen molar-refractivity contribution in [3.63, 3.8) is 0 Å². The van der Waals surface area contributed by atoms with E-state index in [0.717, 1.165) is 55.1 Å². The summed E-state index contributed by atoms with van der Waals surface area (Å²) in [4.78, 5) is 32.6. The van der Waals surface area contributed by atoms with Gasteiger partial charge in [0.1, 0.15) is 17.4 Å². The molecule has 1 N–H and O–H groups in total. The van der Waals surface area contributed by atoms with Crippen LogP contribution in [0.5, 0.6) is 5.75 Å². The van der Waals surface area contributed by atoms with Crippen LogP contribution in [0.3, 0.4) is 0 Å². The molecule has 0 atom stereocenters. The number of halogens is 4. The first kappa shape index (κ1) is 34.0. The molecule has 2 aliphatic rings. The van der Waals surface area contributed by atoms with Crippen molar-refractivity contribution in [3.05, 3.63) is 47.3 Å². The third-order valence-corrected chi connectivity index (χ3v) is 8.11. The van der Waals surface area contributed by atoms with Crippen LogP contribution in [0.15, 0.2) is 30.5 Å². The summed E-state index contributed by atoms with van der Waals surface area (Å²) in [6, 6.07) is 7.60. The predicted octanol–water partition coefficient (Wildman–Crippen LogP) is 5.44. The lowest BCUT2D eigenvalue weighted by atomic mass is 9.94. The molecule has 0 aliphatic carbocycles. The van der Waals surface area contributed by atoms with E-state index < -0.39 is 34.8 Å². The third-order valence-electron chi connectivity index (χ3n) is 7.74. The quantitative estimate of drug-likeness (QED) is 0.359. The van der Waals surface area contributed by atoms with Gasteiger partial charge in [0.05, 0.1) is 30.6 Å². The number of thiocarbonyl (C=S) groups is 1. The van der Waals surface area contributed by atoms with Crippen molar-refractivity contribution in [2.24, 2.45) is 5.92 Å². The normalized spacial score (nSPS) is 17.5. The van der Waals surface area contributed by atoms with Gasteiger partial charge < -0.3 is 14.7 Å². The zero-order valence-corrected chi connectivity index (χ0v) is 25.6. The Labute approximate surface area is 259 Å². The number of pyridine rings is 1. The predicted molar refractivity (Wildman–Crippen MR) is 161 cm³/mol. The maximum Gasteiger partial charge on any atom is 0.419 e. The van der Waals surface area contributed by atoms with Gasteiger partial charge in [0, 0.05) is 5.69 Å². The second kappa shape index (κ2) is 13.4. The second-order valence-electron chi connectivity index (χ2n) is 10.9. The van der Waals surface area contributed by atoms with Crippen LogP contribution in [0, 0.1) is 17.2 Å². The molecule has 2 saturated heterocycles. The Kier molecular flexibility index (Phi) is 10.6. The third kappa shape index (κ3) is 7.20. The number of likely N-dealkylation sites (tertiary alicyclic amines) is 1. The van der Waals surface area contributed by atoms with Gasteiger partial charge in [-0.1, -0.05) is 6.92 Å². The molecule has 0 bridgehead atoms. The van der Waals surface area contributed by atoms with Crippen LogP contribution in [-0.2, 0) is 22.2 Å². The van der Waals surface area contributed by atoms with E-state index in [-0.39, 0.29) is 29.8 Å². The monoisotopic (exact) mass is 639 g/mol. The Balaban J connectivity index is 0.00000506. The van der Waals surface area contributed by atoms with E-state index in [9.17, 15) is 22.8 Å². The molecule has 3 heterocycles. The first-order valence-corrected chi connectivity index (χ1v) is 14.0. The minimum Gasteiger partial charge on any atom is -0.493 e. The Bertz CT molecular complexity index is 1420. The number of carboxylic acid groups (broad SMARTS) is 1. The molecule has 1 amide bonds. The first-order valence-electron chi connectivity index (χ1n) is 13.6. The summed E-state index contributed by atoms with van der Waals surface area (Å²) in [5, 5.41) is 18.1. The molecule has 1 aromatic heterocycles. The van der Waals surface area contributed by atoms with Gasteiger partial charge in [0.15, 0.2) is 10.8 Å². The second-order valence-corrected chi connectivity index (χ2v) is 11.3. The fourth-order valence-corrected chi connectivity index (χ4v) is 5.94. The van der Waals surface area contributed by atoms with E-state index in [1.165, 1.54) is 6.07 Å². The number of aliphatic carboxylic acids is 1. The number of aryl methyl sites for hydroxylation is 1. The molecule has 0 unspecified atom stereocenters. The number of rotatable bonds is 9. The molecule has 232 valence electrons. The topological polar surface area (TPSA) is 110 Å². The maximum absolute atomic E-state index is 13.6. The van der Waals surface area contributed by atoms with E-state index in [1.54, 1.807) is 30.9 Å². The highest BCUT2D eigenvalue weighted by molar-refractivity contribution is 7.81. The Morgan fingerprint density at radius 1 is 1.23 bits per heavy atom. The lowest BCUT2D eigenvalue weighted by Crippen LogP contribution is -2.44. The van der Waals surface area contributed by atoms with Gasteiger partial charge in [-0.25, -0.2) is 4.98 Å². The zero-order chi connectivity index (χ0) is 30.8. The highest BCUT2D eigenvalue weighted by Crippen LogP contribution is 2.40. The molecular formula is C29H33ClF3N5O4S. The Morgan fingerprint density at radius 3 is 2.49 bits per heavy atom. The van der Waals surface area contributed by atoms with Gasteiger partial charge >= 0.3 is 12.1 Å². The molecule has 2 aromatic rings. The van der Waals surface area contributed by atoms with E-state index in [1.807, 2.05) is 17.9 Å².